The van der Waals surface area contributed by atoms with Gasteiger partial charge in [-0.2, -0.15) is 0 Å². The van der Waals surface area contributed by atoms with Crippen LogP contribution < -0.4 is 9.64 Å². The van der Waals surface area contributed by atoms with E-state index in [4.69, 9.17) is 4.74 Å². The Kier molecular flexibility index (Phi) is 3.00. The van der Waals surface area contributed by atoms with Gasteiger partial charge >= 0.3 is 0 Å². The van der Waals surface area contributed by atoms with E-state index in [1.807, 2.05) is 12.1 Å². The SMILES string of the molecule is COc1[c]c(N2CCc3cccc(Br)c32)ccc1. The third-order valence-corrected chi connectivity index (χ3v) is 3.85. The van der Waals surface area contributed by atoms with Crippen LogP contribution in [0.1, 0.15) is 5.56 Å². The van der Waals surface area contributed by atoms with E-state index < -0.39 is 0 Å². The quantitative estimate of drug-likeness (QED) is 0.833. The van der Waals surface area contributed by atoms with Gasteiger partial charge in [0, 0.05) is 11.0 Å². The summed E-state index contributed by atoms with van der Waals surface area (Å²) in [7, 11) is 1.67. The average Bonchev–Trinajstić information content (AvgIpc) is 2.84. The average molecular weight is 303 g/mol. The van der Waals surface area contributed by atoms with E-state index in [-0.39, 0.29) is 0 Å². The highest BCUT2D eigenvalue weighted by Gasteiger charge is 2.22. The zero-order chi connectivity index (χ0) is 12.5. The topological polar surface area (TPSA) is 12.5 Å². The lowest BCUT2D eigenvalue weighted by Gasteiger charge is -2.20. The van der Waals surface area contributed by atoms with Crippen LogP contribution in [0.2, 0.25) is 0 Å². The Hall–Kier alpha value is -1.48. The molecule has 0 saturated carbocycles. The molecule has 0 N–H and O–H groups in total. The predicted molar refractivity (Wildman–Crippen MR) is 76.7 cm³/mol. The monoisotopic (exact) mass is 302 g/mol. The molecule has 1 aliphatic heterocycles. The number of ether oxygens (including phenoxy) is 1. The Bertz CT molecular complexity index is 582. The molecule has 1 heterocycles. The van der Waals surface area contributed by atoms with Crippen molar-refractivity contribution in [1.82, 2.24) is 0 Å². The van der Waals surface area contributed by atoms with Gasteiger partial charge in [-0.1, -0.05) is 18.2 Å². The van der Waals surface area contributed by atoms with Crippen LogP contribution in [0, 0.1) is 6.07 Å². The second-order valence-electron chi connectivity index (χ2n) is 4.25. The summed E-state index contributed by atoms with van der Waals surface area (Å²) in [5.74, 6) is 0.771. The fourth-order valence-electron chi connectivity index (χ4n) is 2.36. The molecule has 2 nitrogen and oxygen atoms in total. The Labute approximate surface area is 115 Å². The molecule has 0 atom stereocenters. The molecule has 1 radical (unpaired) electrons. The van der Waals surface area contributed by atoms with Crippen molar-refractivity contribution >= 4 is 27.3 Å². The zero-order valence-electron chi connectivity index (χ0n) is 10.1. The van der Waals surface area contributed by atoms with Gasteiger partial charge in [0.1, 0.15) is 5.75 Å². The second-order valence-corrected chi connectivity index (χ2v) is 5.11. The molecular weight excluding hydrogens is 290 g/mol. The molecule has 3 rings (SSSR count). The van der Waals surface area contributed by atoms with Crippen molar-refractivity contribution in [3.8, 4) is 5.75 Å². The normalized spacial score (nSPS) is 13.6. The zero-order valence-corrected chi connectivity index (χ0v) is 11.7. The molecule has 0 amide bonds. The number of halogens is 1. The molecule has 0 unspecified atom stereocenters. The highest BCUT2D eigenvalue weighted by molar-refractivity contribution is 9.10. The van der Waals surface area contributed by atoms with E-state index in [9.17, 15) is 0 Å². The summed E-state index contributed by atoms with van der Waals surface area (Å²) >= 11 is 3.63. The maximum Gasteiger partial charge on any atom is 0.129 e. The summed E-state index contributed by atoms with van der Waals surface area (Å²) in [6, 6.07) is 15.6. The van der Waals surface area contributed by atoms with Crippen LogP contribution in [0.3, 0.4) is 0 Å². The molecule has 0 bridgehead atoms. The number of benzene rings is 2. The van der Waals surface area contributed by atoms with Gasteiger partial charge in [-0.15, -0.1) is 0 Å². The molecule has 2 aromatic carbocycles. The van der Waals surface area contributed by atoms with Gasteiger partial charge in [0.15, 0.2) is 0 Å². The van der Waals surface area contributed by atoms with E-state index in [2.05, 4.69) is 51.2 Å². The number of rotatable bonds is 2. The van der Waals surface area contributed by atoms with Crippen molar-refractivity contribution in [3.63, 3.8) is 0 Å². The van der Waals surface area contributed by atoms with Crippen molar-refractivity contribution < 1.29 is 4.74 Å². The molecule has 0 fully saturated rings. The van der Waals surface area contributed by atoms with Gasteiger partial charge in [-0.3, -0.25) is 0 Å². The molecule has 1 aliphatic rings. The molecule has 0 saturated heterocycles. The Morgan fingerprint density at radius 3 is 2.89 bits per heavy atom. The first kappa shape index (κ1) is 11.6. The van der Waals surface area contributed by atoms with Crippen molar-refractivity contribution in [1.29, 1.82) is 0 Å². The van der Waals surface area contributed by atoms with Gasteiger partial charge in [0.05, 0.1) is 24.6 Å². The highest BCUT2D eigenvalue weighted by atomic mass is 79.9. The fourth-order valence-corrected chi connectivity index (χ4v) is 2.98. The minimum absolute atomic E-state index is 0.771. The number of methoxy groups -OCH3 is 1. The van der Waals surface area contributed by atoms with Crippen molar-refractivity contribution in [3.05, 3.63) is 52.5 Å². The lowest BCUT2D eigenvalue weighted by atomic mass is 10.2. The van der Waals surface area contributed by atoms with Gasteiger partial charge in [-0.25, -0.2) is 0 Å². The third kappa shape index (κ3) is 1.89. The van der Waals surface area contributed by atoms with E-state index in [1.54, 1.807) is 7.11 Å². The molecule has 91 valence electrons. The van der Waals surface area contributed by atoms with E-state index >= 15 is 0 Å². The van der Waals surface area contributed by atoms with Gasteiger partial charge in [-0.05, 0) is 46.1 Å². The summed E-state index contributed by atoms with van der Waals surface area (Å²) in [6.07, 6.45) is 1.07. The van der Waals surface area contributed by atoms with Crippen LogP contribution in [0.15, 0.2) is 40.9 Å². The van der Waals surface area contributed by atoms with Gasteiger partial charge in [0.2, 0.25) is 0 Å². The van der Waals surface area contributed by atoms with Crippen LogP contribution in [0.4, 0.5) is 11.4 Å². The molecule has 0 spiro atoms. The van der Waals surface area contributed by atoms with Crippen LogP contribution in [-0.2, 0) is 6.42 Å². The van der Waals surface area contributed by atoms with E-state index in [0.29, 0.717) is 0 Å². The smallest absolute Gasteiger partial charge is 0.129 e. The first-order valence-electron chi connectivity index (χ1n) is 5.91. The first-order chi connectivity index (χ1) is 8.79. The first-order valence-corrected chi connectivity index (χ1v) is 6.70. The van der Waals surface area contributed by atoms with Crippen LogP contribution >= 0.6 is 15.9 Å². The Morgan fingerprint density at radius 2 is 2.06 bits per heavy atom. The molecule has 0 aliphatic carbocycles. The third-order valence-electron chi connectivity index (χ3n) is 3.21. The second kappa shape index (κ2) is 4.65. The van der Waals surface area contributed by atoms with Crippen molar-refractivity contribution in [2.24, 2.45) is 0 Å². The summed E-state index contributed by atoms with van der Waals surface area (Å²) in [6.45, 7) is 0.988. The summed E-state index contributed by atoms with van der Waals surface area (Å²) < 4.78 is 6.37. The lowest BCUT2D eigenvalue weighted by Crippen LogP contribution is -2.13. The minimum Gasteiger partial charge on any atom is -0.496 e. The summed E-state index contributed by atoms with van der Waals surface area (Å²) in [5.41, 5.74) is 3.68. The van der Waals surface area contributed by atoms with Gasteiger partial charge < -0.3 is 9.64 Å². The molecule has 0 aromatic heterocycles. The summed E-state index contributed by atoms with van der Waals surface area (Å²) in [4.78, 5) is 2.28. The molecule has 2 aromatic rings. The molecular formula is C15H13BrNO. The van der Waals surface area contributed by atoms with Crippen LogP contribution in [0.25, 0.3) is 0 Å². The predicted octanol–water partition coefficient (Wildman–Crippen LogP) is 3.95. The van der Waals surface area contributed by atoms with Crippen LogP contribution in [-0.4, -0.2) is 13.7 Å². The van der Waals surface area contributed by atoms with Crippen LogP contribution in [0.5, 0.6) is 5.75 Å². The van der Waals surface area contributed by atoms with Crippen molar-refractivity contribution in [2.75, 3.05) is 18.6 Å². The summed E-state index contributed by atoms with van der Waals surface area (Å²) in [5, 5.41) is 0. The largest absolute Gasteiger partial charge is 0.496 e. The fraction of sp³-hybridized carbons (Fsp3) is 0.200. The van der Waals surface area contributed by atoms with E-state index in [0.717, 1.165) is 28.9 Å². The molecule has 3 heteroatoms. The maximum absolute atomic E-state index is 5.24. The number of fused-ring (bicyclic) bond motifs is 1. The van der Waals surface area contributed by atoms with Crippen molar-refractivity contribution in [2.45, 2.75) is 6.42 Å². The van der Waals surface area contributed by atoms with Gasteiger partial charge in [0.25, 0.3) is 0 Å². The number of para-hydroxylation sites is 1. The highest BCUT2D eigenvalue weighted by Crippen LogP contribution is 2.40. The standard InChI is InChI=1S/C15H13BrNO/c1-18-13-6-3-5-12(10-13)17-9-8-11-4-2-7-14(16)15(11)17/h2-7H,8-9H2,1H3. The number of hydrogen-bond acceptors (Lipinski definition) is 2. The number of hydrogen-bond donors (Lipinski definition) is 0. The maximum atomic E-state index is 5.24. The Morgan fingerprint density at radius 1 is 1.22 bits per heavy atom. The molecule has 18 heavy (non-hydrogen) atoms. The lowest BCUT2D eigenvalue weighted by molar-refractivity contribution is 0.414. The number of anilines is 2. The minimum atomic E-state index is 0.771. The Balaban J connectivity index is 2.05. The van der Waals surface area contributed by atoms with E-state index in [1.165, 1.54) is 11.3 Å². The number of nitrogens with zero attached hydrogens (tertiary/aromatic N) is 1.